The van der Waals surface area contributed by atoms with Crippen molar-refractivity contribution < 1.29 is 19.4 Å². The van der Waals surface area contributed by atoms with Crippen molar-refractivity contribution in [2.45, 2.75) is 25.4 Å². The van der Waals surface area contributed by atoms with Gasteiger partial charge in [-0.05, 0) is 43.2 Å². The highest BCUT2D eigenvalue weighted by Crippen LogP contribution is 2.31. The average Bonchev–Trinajstić information content (AvgIpc) is 3.15. The van der Waals surface area contributed by atoms with Crippen LogP contribution in [0.15, 0.2) is 41.0 Å². The molecule has 1 heterocycles. The predicted octanol–water partition coefficient (Wildman–Crippen LogP) is 2.50. The maximum atomic E-state index is 12.5. The third-order valence-electron chi connectivity index (χ3n) is 3.38. The van der Waals surface area contributed by atoms with Crippen molar-refractivity contribution in [1.29, 1.82) is 0 Å². The van der Waals surface area contributed by atoms with Gasteiger partial charge in [0.15, 0.2) is 11.5 Å². The number of carbonyl (C=O) groups excluding carboxylic acids is 1. The maximum absolute atomic E-state index is 12.5. The minimum atomic E-state index is -0.287. The van der Waals surface area contributed by atoms with Gasteiger partial charge in [0.25, 0.3) is 5.91 Å². The summed E-state index contributed by atoms with van der Waals surface area (Å²) in [6, 6.07) is 7.96. The van der Waals surface area contributed by atoms with Crippen LogP contribution < -0.4 is 0 Å². The van der Waals surface area contributed by atoms with Gasteiger partial charge in [-0.3, -0.25) is 4.79 Å². The van der Waals surface area contributed by atoms with E-state index in [4.69, 9.17) is 4.42 Å². The van der Waals surface area contributed by atoms with Crippen LogP contribution in [0.5, 0.6) is 11.5 Å². The van der Waals surface area contributed by atoms with E-state index in [1.807, 2.05) is 6.07 Å². The van der Waals surface area contributed by atoms with Crippen LogP contribution in [0.3, 0.4) is 0 Å². The Labute approximate surface area is 116 Å². The highest BCUT2D eigenvalue weighted by Gasteiger charge is 2.33. The zero-order valence-corrected chi connectivity index (χ0v) is 10.8. The van der Waals surface area contributed by atoms with Crippen molar-refractivity contribution in [2.75, 3.05) is 0 Å². The Morgan fingerprint density at radius 3 is 2.65 bits per heavy atom. The second-order valence-corrected chi connectivity index (χ2v) is 4.95. The number of furan rings is 1. The molecule has 0 aliphatic heterocycles. The van der Waals surface area contributed by atoms with Crippen LogP contribution in [0, 0.1) is 0 Å². The van der Waals surface area contributed by atoms with E-state index >= 15 is 0 Å². The van der Waals surface area contributed by atoms with Crippen LogP contribution in [0.2, 0.25) is 0 Å². The van der Waals surface area contributed by atoms with Gasteiger partial charge in [-0.1, -0.05) is 0 Å². The SMILES string of the molecule is O=C(c1ccc(O)c(O)c1)N(Cc1ccco1)C1CC1. The lowest BCUT2D eigenvalue weighted by Crippen LogP contribution is -2.32. The molecule has 1 amide bonds. The predicted molar refractivity (Wildman–Crippen MR) is 71.4 cm³/mol. The molecule has 2 N–H and O–H groups in total. The Morgan fingerprint density at radius 1 is 1.25 bits per heavy atom. The molecule has 5 heteroatoms. The Balaban J connectivity index is 1.83. The van der Waals surface area contributed by atoms with Crippen LogP contribution in [0.25, 0.3) is 0 Å². The van der Waals surface area contributed by atoms with E-state index in [0.29, 0.717) is 12.1 Å². The van der Waals surface area contributed by atoms with Gasteiger partial charge >= 0.3 is 0 Å². The molecular formula is C15H15NO4. The van der Waals surface area contributed by atoms with Crippen molar-refractivity contribution in [3.8, 4) is 11.5 Å². The summed E-state index contributed by atoms with van der Waals surface area (Å²) in [5.41, 5.74) is 0.360. The van der Waals surface area contributed by atoms with Gasteiger partial charge in [-0.15, -0.1) is 0 Å². The van der Waals surface area contributed by atoms with Crippen LogP contribution in [-0.4, -0.2) is 27.1 Å². The standard InChI is InChI=1S/C15H15NO4/c17-13-6-3-10(8-14(13)18)15(19)16(11-4-5-11)9-12-2-1-7-20-12/h1-3,6-8,11,17-18H,4-5,9H2. The van der Waals surface area contributed by atoms with Crippen LogP contribution in [-0.2, 0) is 6.54 Å². The monoisotopic (exact) mass is 273 g/mol. The number of phenols is 2. The summed E-state index contributed by atoms with van der Waals surface area (Å²) in [6.45, 7) is 0.415. The quantitative estimate of drug-likeness (QED) is 0.839. The first-order valence-corrected chi connectivity index (χ1v) is 6.50. The number of benzene rings is 1. The minimum absolute atomic E-state index is 0.167. The topological polar surface area (TPSA) is 73.9 Å². The lowest BCUT2D eigenvalue weighted by atomic mass is 10.1. The third-order valence-corrected chi connectivity index (χ3v) is 3.38. The zero-order chi connectivity index (χ0) is 14.1. The normalized spacial score (nSPS) is 14.2. The Bertz CT molecular complexity index is 617. The highest BCUT2D eigenvalue weighted by molar-refractivity contribution is 5.95. The number of rotatable bonds is 4. The summed E-state index contributed by atoms with van der Waals surface area (Å²) in [5.74, 6) is 0.0441. The van der Waals surface area contributed by atoms with E-state index in [-0.39, 0.29) is 23.4 Å². The van der Waals surface area contributed by atoms with E-state index in [1.54, 1.807) is 17.2 Å². The molecule has 5 nitrogen and oxygen atoms in total. The molecule has 0 atom stereocenters. The van der Waals surface area contributed by atoms with Gasteiger partial charge in [0.1, 0.15) is 5.76 Å². The van der Waals surface area contributed by atoms with Crippen molar-refractivity contribution in [3.05, 3.63) is 47.9 Å². The molecule has 2 aromatic rings. The summed E-state index contributed by atoms with van der Waals surface area (Å²) in [7, 11) is 0. The lowest BCUT2D eigenvalue weighted by molar-refractivity contribution is 0.0717. The molecule has 3 rings (SSSR count). The Morgan fingerprint density at radius 2 is 2.05 bits per heavy atom. The fourth-order valence-electron chi connectivity index (χ4n) is 2.15. The van der Waals surface area contributed by atoms with E-state index in [0.717, 1.165) is 18.6 Å². The number of nitrogens with zero attached hydrogens (tertiary/aromatic N) is 1. The molecule has 20 heavy (non-hydrogen) atoms. The summed E-state index contributed by atoms with van der Waals surface area (Å²) < 4.78 is 5.29. The molecule has 104 valence electrons. The molecule has 1 aromatic heterocycles. The minimum Gasteiger partial charge on any atom is -0.504 e. The Kier molecular flexibility index (Phi) is 3.10. The first-order chi connectivity index (χ1) is 9.65. The van der Waals surface area contributed by atoms with Crippen molar-refractivity contribution in [1.82, 2.24) is 4.90 Å². The number of phenolic OH excluding ortho intramolecular Hbond substituents is 2. The van der Waals surface area contributed by atoms with E-state index in [1.165, 1.54) is 18.2 Å². The second-order valence-electron chi connectivity index (χ2n) is 4.95. The number of hydrogen-bond donors (Lipinski definition) is 2. The van der Waals surface area contributed by atoms with Crippen LogP contribution in [0.1, 0.15) is 29.0 Å². The van der Waals surface area contributed by atoms with Crippen LogP contribution in [0.4, 0.5) is 0 Å². The summed E-state index contributed by atoms with van der Waals surface area (Å²) in [5, 5.41) is 18.8. The second kappa shape index (κ2) is 4.92. The first-order valence-electron chi connectivity index (χ1n) is 6.50. The fraction of sp³-hybridized carbons (Fsp3) is 0.267. The van der Waals surface area contributed by atoms with Crippen molar-refractivity contribution in [3.63, 3.8) is 0 Å². The summed E-state index contributed by atoms with van der Waals surface area (Å²) >= 11 is 0. The van der Waals surface area contributed by atoms with E-state index in [9.17, 15) is 15.0 Å². The number of hydrogen-bond acceptors (Lipinski definition) is 4. The lowest BCUT2D eigenvalue weighted by Gasteiger charge is -2.21. The Hall–Kier alpha value is -2.43. The first kappa shape index (κ1) is 12.6. The van der Waals surface area contributed by atoms with Crippen LogP contribution >= 0.6 is 0 Å². The van der Waals surface area contributed by atoms with Gasteiger partial charge in [0.2, 0.25) is 0 Å². The van der Waals surface area contributed by atoms with Crippen molar-refractivity contribution in [2.24, 2.45) is 0 Å². The smallest absolute Gasteiger partial charge is 0.254 e. The van der Waals surface area contributed by atoms with Gasteiger partial charge in [0.05, 0.1) is 12.8 Å². The highest BCUT2D eigenvalue weighted by atomic mass is 16.3. The van der Waals surface area contributed by atoms with E-state index < -0.39 is 0 Å². The number of aromatic hydroxyl groups is 2. The molecule has 1 aromatic carbocycles. The molecular weight excluding hydrogens is 258 g/mol. The molecule has 0 bridgehead atoms. The largest absolute Gasteiger partial charge is 0.504 e. The zero-order valence-electron chi connectivity index (χ0n) is 10.8. The van der Waals surface area contributed by atoms with E-state index in [2.05, 4.69) is 0 Å². The molecule has 0 spiro atoms. The molecule has 0 saturated heterocycles. The summed E-state index contributed by atoms with van der Waals surface area (Å²) in [6.07, 6.45) is 3.55. The third kappa shape index (κ3) is 2.47. The maximum Gasteiger partial charge on any atom is 0.254 e. The fourth-order valence-corrected chi connectivity index (χ4v) is 2.15. The van der Waals surface area contributed by atoms with Gasteiger partial charge in [-0.25, -0.2) is 0 Å². The molecule has 0 unspecified atom stereocenters. The summed E-state index contributed by atoms with van der Waals surface area (Å²) in [4.78, 5) is 14.2. The molecule has 1 aliphatic rings. The number of amides is 1. The molecule has 0 radical (unpaired) electrons. The van der Waals surface area contributed by atoms with Gasteiger partial charge in [-0.2, -0.15) is 0 Å². The molecule has 1 aliphatic carbocycles. The number of carbonyl (C=O) groups is 1. The van der Waals surface area contributed by atoms with Gasteiger partial charge < -0.3 is 19.5 Å². The van der Waals surface area contributed by atoms with Crippen molar-refractivity contribution >= 4 is 5.91 Å². The average molecular weight is 273 g/mol. The van der Waals surface area contributed by atoms with Gasteiger partial charge in [0, 0.05) is 11.6 Å². The molecule has 1 fully saturated rings. The molecule has 1 saturated carbocycles.